The molecule has 0 aromatic heterocycles. The van der Waals surface area contributed by atoms with E-state index in [-0.39, 0.29) is 0 Å². The molecule has 0 fully saturated rings. The van der Waals surface area contributed by atoms with Crippen molar-refractivity contribution in [3.8, 4) is 5.75 Å². The van der Waals surface area contributed by atoms with E-state index >= 15 is 0 Å². The average Bonchev–Trinajstić information content (AvgIpc) is 2.15. The van der Waals surface area contributed by atoms with Gasteiger partial charge in [0, 0.05) is 0 Å². The van der Waals surface area contributed by atoms with Crippen molar-refractivity contribution in [2.75, 3.05) is 7.11 Å². The minimum absolute atomic E-state index is 0.584. The van der Waals surface area contributed by atoms with Gasteiger partial charge in [-0.25, -0.2) is 0 Å². The van der Waals surface area contributed by atoms with Gasteiger partial charge >= 0.3 is 104 Å². The molecule has 0 aliphatic heterocycles. The molecule has 0 bridgehead atoms. The van der Waals surface area contributed by atoms with Gasteiger partial charge in [0.2, 0.25) is 0 Å². The van der Waals surface area contributed by atoms with Gasteiger partial charge in [0.05, 0.1) is 0 Å². The molecule has 90 valence electrons. The molecule has 0 spiro atoms. The summed E-state index contributed by atoms with van der Waals surface area (Å²) in [6, 6.07) is 4.61. The fourth-order valence-corrected chi connectivity index (χ4v) is 7.41. The molecule has 2 heteroatoms. The molecule has 0 aliphatic rings. The summed E-state index contributed by atoms with van der Waals surface area (Å²) in [4.78, 5) is 7.42. The van der Waals surface area contributed by atoms with Crippen LogP contribution in [-0.2, 0) is 0 Å². The van der Waals surface area contributed by atoms with Gasteiger partial charge in [-0.15, -0.1) is 0 Å². The van der Waals surface area contributed by atoms with Crippen LogP contribution in [-0.4, -0.2) is 25.5 Å². The van der Waals surface area contributed by atoms with Crippen molar-refractivity contribution in [2.45, 2.75) is 41.5 Å². The van der Waals surface area contributed by atoms with Crippen LogP contribution >= 0.6 is 0 Å². The predicted molar refractivity (Wildman–Crippen MR) is 74.8 cm³/mol. The number of methoxy groups -OCH3 is 1. The normalized spacial score (nSPS) is 12.0. The molecule has 1 aromatic rings. The maximum atomic E-state index is 5.43. The van der Waals surface area contributed by atoms with Gasteiger partial charge < -0.3 is 0 Å². The Kier molecular flexibility index (Phi) is 4.33. The van der Waals surface area contributed by atoms with E-state index in [2.05, 4.69) is 47.7 Å². The number of benzene rings is 1. The summed E-state index contributed by atoms with van der Waals surface area (Å²) in [5.74, 6) is 1.61. The van der Waals surface area contributed by atoms with Crippen LogP contribution in [0.15, 0.2) is 12.1 Å². The van der Waals surface area contributed by atoms with Gasteiger partial charge in [-0.05, 0) is 0 Å². The number of aryl methyl sites for hydroxylation is 1. The molecule has 0 saturated heterocycles. The van der Waals surface area contributed by atoms with Crippen molar-refractivity contribution in [1.29, 1.82) is 0 Å². The minimum atomic E-state index is -2.01. The van der Waals surface area contributed by atoms with E-state index in [9.17, 15) is 0 Å². The van der Waals surface area contributed by atoms with E-state index in [1.54, 1.807) is 10.7 Å². The van der Waals surface area contributed by atoms with E-state index in [0.29, 0.717) is 5.92 Å². The van der Waals surface area contributed by atoms with Crippen LogP contribution in [0.4, 0.5) is 0 Å². The van der Waals surface area contributed by atoms with Gasteiger partial charge in [-0.2, -0.15) is 0 Å². The molecule has 0 N–H and O–H groups in total. The van der Waals surface area contributed by atoms with Crippen LogP contribution in [0.2, 0.25) is 14.8 Å². The molecule has 0 aliphatic carbocycles. The Morgan fingerprint density at radius 2 is 1.69 bits per heavy atom. The van der Waals surface area contributed by atoms with Crippen LogP contribution in [0.3, 0.4) is 0 Å². The topological polar surface area (TPSA) is 9.23 Å². The third kappa shape index (κ3) is 2.93. The number of rotatable bonds is 3. The van der Waals surface area contributed by atoms with Crippen molar-refractivity contribution >= 4 is 22.0 Å². The quantitative estimate of drug-likeness (QED) is 0.770. The molecule has 0 unspecified atom stereocenters. The Morgan fingerprint density at radius 1 is 1.12 bits per heavy atom. The SMILES string of the molecule is COc1cc(C(C)C)[c]([Sn]([CH3])([CH3])[CH3])cc1C. The van der Waals surface area contributed by atoms with Crippen LogP contribution < -0.4 is 8.32 Å². The van der Waals surface area contributed by atoms with E-state index < -0.39 is 18.4 Å². The van der Waals surface area contributed by atoms with Crippen molar-refractivity contribution in [3.63, 3.8) is 0 Å². The van der Waals surface area contributed by atoms with Crippen molar-refractivity contribution in [3.05, 3.63) is 23.3 Å². The van der Waals surface area contributed by atoms with E-state index in [4.69, 9.17) is 4.74 Å². The second-order valence-corrected chi connectivity index (χ2v) is 20.2. The van der Waals surface area contributed by atoms with Gasteiger partial charge in [0.1, 0.15) is 0 Å². The number of hydrogen-bond donors (Lipinski definition) is 0. The molecule has 0 atom stereocenters. The summed E-state index contributed by atoms with van der Waals surface area (Å²) in [5.41, 5.74) is 2.76. The van der Waals surface area contributed by atoms with Crippen LogP contribution in [0.5, 0.6) is 5.75 Å². The van der Waals surface area contributed by atoms with Gasteiger partial charge in [0.25, 0.3) is 0 Å². The summed E-state index contributed by atoms with van der Waals surface area (Å²) < 4.78 is 7.07. The van der Waals surface area contributed by atoms with Crippen LogP contribution in [0.1, 0.15) is 30.9 Å². The van der Waals surface area contributed by atoms with Gasteiger partial charge in [-0.1, -0.05) is 0 Å². The first-order valence-corrected chi connectivity index (χ1v) is 15.9. The Balaban J connectivity index is 3.42. The van der Waals surface area contributed by atoms with E-state index in [1.165, 1.54) is 11.1 Å². The van der Waals surface area contributed by atoms with E-state index in [1.807, 2.05) is 0 Å². The zero-order valence-corrected chi connectivity index (χ0v) is 14.5. The summed E-state index contributed by atoms with van der Waals surface area (Å²) in [6.07, 6.45) is 0. The predicted octanol–water partition coefficient (Wildman–Crippen LogP) is 3.67. The summed E-state index contributed by atoms with van der Waals surface area (Å²) in [6.45, 7) is 6.68. The molecule has 16 heavy (non-hydrogen) atoms. The maximum absolute atomic E-state index is 5.43. The average molecular weight is 327 g/mol. The zero-order chi connectivity index (χ0) is 12.5. The molecule has 0 saturated carbocycles. The fraction of sp³-hybridized carbons (Fsp3) is 0.571. The third-order valence-electron chi connectivity index (χ3n) is 3.00. The summed E-state index contributed by atoms with van der Waals surface area (Å²) >= 11 is -2.01. The Labute approximate surface area is 104 Å². The standard InChI is InChI=1S/C11H15O.3CH3.Sn/c1-8(2)10-6-5-9(3)11(7-10)12-4;;;;/h5,7-8H,1-4H3;3*1H3;. The first kappa shape index (κ1) is 13.9. The Hall–Kier alpha value is -0.181. The van der Waals surface area contributed by atoms with Crippen molar-refractivity contribution in [1.82, 2.24) is 0 Å². The van der Waals surface area contributed by atoms with Gasteiger partial charge in [0.15, 0.2) is 0 Å². The van der Waals surface area contributed by atoms with Gasteiger partial charge in [-0.3, -0.25) is 0 Å². The fourth-order valence-electron chi connectivity index (χ4n) is 2.05. The molecule has 1 aromatic carbocycles. The van der Waals surface area contributed by atoms with Crippen molar-refractivity contribution in [2.24, 2.45) is 0 Å². The monoisotopic (exact) mass is 328 g/mol. The van der Waals surface area contributed by atoms with Crippen molar-refractivity contribution < 1.29 is 4.74 Å². The molecule has 0 amide bonds. The second kappa shape index (κ2) is 4.99. The number of ether oxygens (including phenoxy) is 1. The van der Waals surface area contributed by atoms with E-state index in [0.717, 1.165) is 5.75 Å². The molecule has 0 radical (unpaired) electrons. The van der Waals surface area contributed by atoms with Crippen LogP contribution in [0, 0.1) is 6.92 Å². The Morgan fingerprint density at radius 3 is 2.06 bits per heavy atom. The first-order chi connectivity index (χ1) is 7.27. The summed E-state index contributed by atoms with van der Waals surface area (Å²) in [5, 5.41) is 0. The first-order valence-electron chi connectivity index (χ1n) is 5.96. The molecule has 1 nitrogen and oxygen atoms in total. The molecule has 0 heterocycles. The zero-order valence-electron chi connectivity index (χ0n) is 11.6. The molecular formula is C14H24OSn. The third-order valence-corrected chi connectivity index (χ3v) is 8.85. The molecule has 1 rings (SSSR count). The summed E-state index contributed by atoms with van der Waals surface area (Å²) in [7, 11) is 1.76. The molecular weight excluding hydrogens is 303 g/mol. The number of hydrogen-bond acceptors (Lipinski definition) is 1. The second-order valence-electron chi connectivity index (χ2n) is 5.81. The Bertz CT molecular complexity index is 375. The van der Waals surface area contributed by atoms with Crippen LogP contribution in [0.25, 0.3) is 0 Å².